The molecule has 0 saturated carbocycles. The van der Waals surface area contributed by atoms with Crippen molar-refractivity contribution in [1.82, 2.24) is 15.6 Å². The zero-order valence-electron chi connectivity index (χ0n) is 10.6. The van der Waals surface area contributed by atoms with E-state index in [1.165, 1.54) is 0 Å². The molecule has 5 heteroatoms. The molecule has 1 aromatic heterocycles. The maximum atomic E-state index is 11.9. The molecule has 0 aliphatic carbocycles. The van der Waals surface area contributed by atoms with Crippen LogP contribution in [0.4, 0.5) is 0 Å². The lowest BCUT2D eigenvalue weighted by Gasteiger charge is -2.22. The van der Waals surface area contributed by atoms with Crippen molar-refractivity contribution < 1.29 is 9.53 Å². The van der Waals surface area contributed by atoms with Gasteiger partial charge in [0.25, 0.3) is 0 Å². The Kier molecular flexibility index (Phi) is 4.52. The molecule has 1 atom stereocenters. The summed E-state index contributed by atoms with van der Waals surface area (Å²) in [5.41, 5.74) is 0.893. The van der Waals surface area contributed by atoms with Gasteiger partial charge in [-0.15, -0.1) is 0 Å². The zero-order chi connectivity index (χ0) is 12.8. The van der Waals surface area contributed by atoms with Crippen LogP contribution < -0.4 is 15.4 Å². The van der Waals surface area contributed by atoms with Crippen LogP contribution in [0.1, 0.15) is 24.8 Å². The summed E-state index contributed by atoms with van der Waals surface area (Å²) in [6.45, 7) is 1.38. The third-order valence-corrected chi connectivity index (χ3v) is 3.12. The Labute approximate surface area is 107 Å². The van der Waals surface area contributed by atoms with Gasteiger partial charge < -0.3 is 15.4 Å². The van der Waals surface area contributed by atoms with Gasteiger partial charge in [0.05, 0.1) is 13.2 Å². The Morgan fingerprint density at radius 3 is 3.22 bits per heavy atom. The maximum Gasteiger partial charge on any atom is 0.237 e. The average Bonchev–Trinajstić information content (AvgIpc) is 2.46. The topological polar surface area (TPSA) is 63.2 Å². The number of nitrogens with one attached hydrogen (secondary N) is 2. The number of carbonyl (C=O) groups is 1. The van der Waals surface area contributed by atoms with Crippen molar-refractivity contribution in [3.63, 3.8) is 0 Å². The van der Waals surface area contributed by atoms with E-state index in [2.05, 4.69) is 15.6 Å². The molecule has 1 fully saturated rings. The summed E-state index contributed by atoms with van der Waals surface area (Å²) in [5.74, 6) is 0.620. The number of carbonyl (C=O) groups excluding carboxylic acids is 1. The van der Waals surface area contributed by atoms with Crippen molar-refractivity contribution in [2.45, 2.75) is 31.8 Å². The van der Waals surface area contributed by atoms with Crippen molar-refractivity contribution in [1.29, 1.82) is 0 Å². The van der Waals surface area contributed by atoms with Crippen molar-refractivity contribution in [3.05, 3.63) is 23.9 Å². The fourth-order valence-electron chi connectivity index (χ4n) is 2.12. The van der Waals surface area contributed by atoms with E-state index in [0.29, 0.717) is 12.4 Å². The molecule has 2 rings (SSSR count). The number of aromatic nitrogens is 1. The van der Waals surface area contributed by atoms with Crippen LogP contribution in [0, 0.1) is 0 Å². The fraction of sp³-hybridized carbons (Fsp3) is 0.538. The van der Waals surface area contributed by atoms with Crippen LogP contribution in [0.2, 0.25) is 0 Å². The number of pyridine rings is 1. The van der Waals surface area contributed by atoms with E-state index in [1.54, 1.807) is 13.3 Å². The fourth-order valence-corrected chi connectivity index (χ4v) is 2.12. The molecule has 0 bridgehead atoms. The number of rotatable bonds is 4. The lowest BCUT2D eigenvalue weighted by atomic mass is 10.0. The molecule has 0 radical (unpaired) electrons. The standard InChI is InChI=1S/C13H19N3O2/c1-18-13-10(5-4-8-15-13)9-16-12(17)11-6-2-3-7-14-11/h4-5,8,11,14H,2-3,6-7,9H2,1H3,(H,16,17)/t11-/m0/s1. The number of ether oxygens (including phenoxy) is 1. The largest absolute Gasteiger partial charge is 0.481 e. The van der Waals surface area contributed by atoms with Crippen molar-refractivity contribution in [2.24, 2.45) is 0 Å². The first-order chi connectivity index (χ1) is 8.81. The van der Waals surface area contributed by atoms with Crippen LogP contribution in [-0.2, 0) is 11.3 Å². The number of amides is 1. The quantitative estimate of drug-likeness (QED) is 0.830. The van der Waals surface area contributed by atoms with Crippen LogP contribution in [0.5, 0.6) is 5.88 Å². The first kappa shape index (κ1) is 12.8. The summed E-state index contributed by atoms with van der Waals surface area (Å²) in [4.78, 5) is 16.0. The van der Waals surface area contributed by atoms with Gasteiger partial charge in [0.1, 0.15) is 0 Å². The van der Waals surface area contributed by atoms with Gasteiger partial charge in [-0.3, -0.25) is 4.79 Å². The van der Waals surface area contributed by atoms with E-state index in [4.69, 9.17) is 4.74 Å². The number of methoxy groups -OCH3 is 1. The highest BCUT2D eigenvalue weighted by atomic mass is 16.5. The highest BCUT2D eigenvalue weighted by Gasteiger charge is 2.20. The van der Waals surface area contributed by atoms with E-state index in [9.17, 15) is 4.79 Å². The van der Waals surface area contributed by atoms with Crippen LogP contribution >= 0.6 is 0 Å². The predicted molar refractivity (Wildman–Crippen MR) is 68.3 cm³/mol. The van der Waals surface area contributed by atoms with Crippen LogP contribution in [0.15, 0.2) is 18.3 Å². The first-order valence-electron chi connectivity index (χ1n) is 6.30. The first-order valence-corrected chi connectivity index (χ1v) is 6.30. The summed E-state index contributed by atoms with van der Waals surface area (Å²) in [6.07, 6.45) is 4.85. The van der Waals surface area contributed by atoms with E-state index < -0.39 is 0 Å². The Hall–Kier alpha value is -1.62. The minimum absolute atomic E-state index is 0.0542. The normalized spacial score (nSPS) is 19.3. The SMILES string of the molecule is COc1ncccc1CNC(=O)[C@@H]1CCCCN1. The van der Waals surface area contributed by atoms with Crippen molar-refractivity contribution >= 4 is 5.91 Å². The van der Waals surface area contributed by atoms with Gasteiger partial charge in [0.2, 0.25) is 11.8 Å². The molecular formula is C13H19N3O2. The third-order valence-electron chi connectivity index (χ3n) is 3.12. The molecule has 1 aliphatic rings. The summed E-state index contributed by atoms with van der Waals surface area (Å²) in [7, 11) is 1.58. The second kappa shape index (κ2) is 6.35. The van der Waals surface area contributed by atoms with E-state index >= 15 is 0 Å². The highest BCUT2D eigenvalue weighted by molar-refractivity contribution is 5.81. The molecule has 0 unspecified atom stereocenters. The molecule has 1 saturated heterocycles. The van der Waals surface area contributed by atoms with Gasteiger partial charge in [-0.1, -0.05) is 12.5 Å². The van der Waals surface area contributed by atoms with Crippen LogP contribution in [0.25, 0.3) is 0 Å². The Morgan fingerprint density at radius 2 is 2.50 bits per heavy atom. The van der Waals surface area contributed by atoms with Gasteiger partial charge in [-0.25, -0.2) is 4.98 Å². The van der Waals surface area contributed by atoms with Crippen LogP contribution in [0.3, 0.4) is 0 Å². The molecule has 1 aromatic rings. The van der Waals surface area contributed by atoms with Gasteiger partial charge in [-0.05, 0) is 25.5 Å². The Bertz CT molecular complexity index is 403. The van der Waals surface area contributed by atoms with E-state index in [0.717, 1.165) is 31.4 Å². The summed E-state index contributed by atoms with van der Waals surface area (Å²) >= 11 is 0. The van der Waals surface area contributed by atoms with Gasteiger partial charge in [0.15, 0.2) is 0 Å². The lowest BCUT2D eigenvalue weighted by molar-refractivity contribution is -0.123. The van der Waals surface area contributed by atoms with Crippen LogP contribution in [-0.4, -0.2) is 30.6 Å². The summed E-state index contributed by atoms with van der Waals surface area (Å²) in [5, 5.41) is 6.15. The number of hydrogen-bond donors (Lipinski definition) is 2. The monoisotopic (exact) mass is 249 g/mol. The summed E-state index contributed by atoms with van der Waals surface area (Å²) < 4.78 is 5.15. The molecule has 2 heterocycles. The molecule has 1 amide bonds. The predicted octanol–water partition coefficient (Wildman–Crippen LogP) is 0.848. The zero-order valence-corrected chi connectivity index (χ0v) is 10.6. The number of piperidine rings is 1. The maximum absolute atomic E-state index is 11.9. The summed E-state index contributed by atoms with van der Waals surface area (Å²) in [6, 6.07) is 3.69. The van der Waals surface area contributed by atoms with Gasteiger partial charge in [-0.2, -0.15) is 0 Å². The molecule has 98 valence electrons. The lowest BCUT2D eigenvalue weighted by Crippen LogP contribution is -2.46. The van der Waals surface area contributed by atoms with Gasteiger partial charge in [0, 0.05) is 18.3 Å². The number of nitrogens with zero attached hydrogens (tertiary/aromatic N) is 1. The molecule has 1 aliphatic heterocycles. The third kappa shape index (κ3) is 3.20. The Morgan fingerprint density at radius 1 is 1.61 bits per heavy atom. The highest BCUT2D eigenvalue weighted by Crippen LogP contribution is 2.13. The molecule has 0 aromatic carbocycles. The van der Waals surface area contributed by atoms with Crippen molar-refractivity contribution in [2.75, 3.05) is 13.7 Å². The molecule has 18 heavy (non-hydrogen) atoms. The second-order valence-corrected chi connectivity index (χ2v) is 4.39. The van der Waals surface area contributed by atoms with Crippen molar-refractivity contribution in [3.8, 4) is 5.88 Å². The molecular weight excluding hydrogens is 230 g/mol. The smallest absolute Gasteiger partial charge is 0.237 e. The van der Waals surface area contributed by atoms with E-state index in [1.807, 2.05) is 12.1 Å². The number of hydrogen-bond acceptors (Lipinski definition) is 4. The average molecular weight is 249 g/mol. The van der Waals surface area contributed by atoms with Gasteiger partial charge >= 0.3 is 0 Å². The van der Waals surface area contributed by atoms with E-state index in [-0.39, 0.29) is 11.9 Å². The minimum Gasteiger partial charge on any atom is -0.481 e. The Balaban J connectivity index is 1.88. The molecule has 0 spiro atoms. The molecule has 2 N–H and O–H groups in total. The minimum atomic E-state index is -0.0542. The second-order valence-electron chi connectivity index (χ2n) is 4.39. The molecule has 5 nitrogen and oxygen atoms in total.